The molecule has 1 radical (unpaired) electrons. The van der Waals surface area contributed by atoms with E-state index in [1.165, 1.54) is 40.2 Å². The zero-order valence-electron chi connectivity index (χ0n) is 38.3. The van der Waals surface area contributed by atoms with Gasteiger partial charge < -0.3 is 9.55 Å². The summed E-state index contributed by atoms with van der Waals surface area (Å²) >= 11 is 0. The van der Waals surface area contributed by atoms with Crippen molar-refractivity contribution in [1.29, 1.82) is 5.26 Å². The van der Waals surface area contributed by atoms with E-state index in [0.717, 1.165) is 56.1 Å². The Balaban J connectivity index is 0.000000242. The van der Waals surface area contributed by atoms with Gasteiger partial charge in [0.15, 0.2) is 0 Å². The summed E-state index contributed by atoms with van der Waals surface area (Å²) in [6.45, 7) is 14.5. The third-order valence-electron chi connectivity index (χ3n) is 10.8. The second kappa shape index (κ2) is 18.6. The van der Waals surface area contributed by atoms with Crippen LogP contribution >= 0.6 is 0 Å². The molecule has 0 aliphatic rings. The third-order valence-corrected chi connectivity index (χ3v) is 10.8. The van der Waals surface area contributed by atoms with Crippen molar-refractivity contribution >= 4 is 32.6 Å². The molecule has 7 aromatic carbocycles. The molecule has 0 N–H and O–H groups in total. The zero-order valence-corrected chi connectivity index (χ0v) is 38.7. The first-order valence-corrected chi connectivity index (χ1v) is 20.9. The van der Waals surface area contributed by atoms with Crippen LogP contribution in [0, 0.1) is 40.5 Å². The molecule has 63 heavy (non-hydrogen) atoms. The summed E-state index contributed by atoms with van der Waals surface area (Å²) in [6, 6.07) is 51.5. The molecule has 0 atom stereocenters. The molecule has 2 aromatic heterocycles. The molecule has 9 rings (SSSR count). The molecule has 9 aromatic rings. The number of pyridine rings is 1. The van der Waals surface area contributed by atoms with Crippen molar-refractivity contribution in [3.8, 4) is 45.5 Å². The number of benzene rings is 7. The molecule has 0 aliphatic heterocycles. The normalized spacial score (nSPS) is 12.2. The molecule has 0 amide bonds. The van der Waals surface area contributed by atoms with Crippen molar-refractivity contribution < 1.29 is 31.6 Å². The molecule has 0 aliphatic carbocycles. The summed E-state index contributed by atoms with van der Waals surface area (Å²) in [5.74, 6) is 0.0316. The minimum atomic E-state index is -1.57. The predicted molar refractivity (Wildman–Crippen MR) is 250 cm³/mol. The number of hydrogen-bond donors (Lipinski definition) is 0. The smallest absolute Gasteiger partial charge is 0.0991 e. The van der Waals surface area contributed by atoms with Crippen molar-refractivity contribution in [2.45, 2.75) is 66.7 Å². The summed E-state index contributed by atoms with van der Waals surface area (Å²) in [4.78, 5) is 9.33. The van der Waals surface area contributed by atoms with Gasteiger partial charge in [0, 0.05) is 46.4 Å². The monoisotopic (exact) mass is 1010 g/mol. The molecule has 0 saturated carbocycles. The van der Waals surface area contributed by atoms with E-state index in [4.69, 9.17) is 7.73 Å². The van der Waals surface area contributed by atoms with Gasteiger partial charge in [-0.15, -0.1) is 35.9 Å². The Morgan fingerprint density at radius 1 is 0.746 bits per heavy atom. The van der Waals surface area contributed by atoms with Crippen LogP contribution < -0.4 is 0 Å². The summed E-state index contributed by atoms with van der Waals surface area (Å²) in [5, 5.41) is 13.9. The molecular weight excluding hydrogens is 959 g/mol. The average Bonchev–Trinajstić information content (AvgIpc) is 3.67. The number of para-hydroxylation sites is 2. The van der Waals surface area contributed by atoms with E-state index in [9.17, 15) is 14.0 Å². The average molecular weight is 1010 g/mol. The van der Waals surface area contributed by atoms with Crippen LogP contribution in [0.15, 0.2) is 140 Å². The number of nitriles is 1. The first-order chi connectivity index (χ1) is 30.5. The molecule has 0 fully saturated rings. The van der Waals surface area contributed by atoms with Crippen LogP contribution in [0.4, 0.5) is 8.78 Å². The van der Waals surface area contributed by atoms with Crippen molar-refractivity contribution in [3.63, 3.8) is 0 Å². The quantitative estimate of drug-likeness (QED) is 0.118. The van der Waals surface area contributed by atoms with E-state index in [1.807, 2.05) is 12.1 Å². The Bertz CT molecular complexity index is 3190. The molecule has 4 nitrogen and oxygen atoms in total. The Hall–Kier alpha value is -6.32. The molecular formula is C56H48F2IrN4-2. The van der Waals surface area contributed by atoms with E-state index < -0.39 is 23.4 Å². The van der Waals surface area contributed by atoms with Crippen LogP contribution in [0.5, 0.6) is 0 Å². The van der Waals surface area contributed by atoms with Crippen LogP contribution in [0.25, 0.3) is 72.0 Å². The largest absolute Gasteiger partial charge is 0.333 e. The second-order valence-corrected chi connectivity index (χ2v) is 17.2. The minimum Gasteiger partial charge on any atom is -0.333 e. The summed E-state index contributed by atoms with van der Waals surface area (Å²) in [7, 11) is 0. The van der Waals surface area contributed by atoms with Crippen molar-refractivity contribution in [1.82, 2.24) is 14.5 Å². The number of rotatable bonds is 7. The van der Waals surface area contributed by atoms with Gasteiger partial charge in [-0.25, -0.2) is 0 Å². The number of fused-ring (bicyclic) bond motifs is 4. The van der Waals surface area contributed by atoms with E-state index in [2.05, 4.69) is 153 Å². The van der Waals surface area contributed by atoms with Crippen LogP contribution in [-0.2, 0) is 26.5 Å². The fraction of sp³-hybridized carbons (Fsp3) is 0.196. The zero-order chi connectivity index (χ0) is 45.5. The minimum absolute atomic E-state index is 0. The molecule has 0 bridgehead atoms. The van der Waals surface area contributed by atoms with E-state index in [-0.39, 0.29) is 25.7 Å². The number of nitrogens with zero attached hydrogens (tertiary/aromatic N) is 4. The van der Waals surface area contributed by atoms with Gasteiger partial charge in [-0.3, -0.25) is 13.8 Å². The SMILES string of the molecule is CC(C)c1cc(-c2ccccc2)cc(C(C)C)c1-n1c(-c2[c-]cc3ccc4cc(C#N)ccc4c3c2)nc2ccccc21.[2H]C([2H])(c1ccc(-c2[c-]cc(F)cc2F)nc1)C(C)(C)C.[Ir]. The van der Waals surface area contributed by atoms with Gasteiger partial charge >= 0.3 is 0 Å². The maximum Gasteiger partial charge on any atom is 0.0991 e. The number of imidazole rings is 1. The number of hydrogen-bond acceptors (Lipinski definition) is 3. The molecule has 0 saturated heterocycles. The van der Waals surface area contributed by atoms with E-state index in [1.54, 1.807) is 26.8 Å². The molecule has 317 valence electrons. The van der Waals surface area contributed by atoms with Gasteiger partial charge in [-0.2, -0.15) is 5.26 Å². The maximum absolute atomic E-state index is 13.7. The van der Waals surface area contributed by atoms with Crippen molar-refractivity contribution in [2.75, 3.05) is 0 Å². The standard InChI is InChI=1S/C40H32N3.C16H16F2N.Ir/c1-25(2)34-22-32(28-10-6-5-7-11-28)23-35(26(3)4)39(34)43-38-13-9-8-12-37(38)42-40(43)31-18-16-29-15-17-30-20-27(24-41)14-19-33(30)36(29)21-31;1-16(2,3)9-11-4-7-15(19-10-11)13-6-5-12(17)8-14(13)18;/h5-17,19-23,25-26H,1-4H3;4-5,7-8,10H,9H2,1-3H3;/q2*-1;/i;9D2;. The predicted octanol–water partition coefficient (Wildman–Crippen LogP) is 15.0. The van der Waals surface area contributed by atoms with Crippen molar-refractivity contribution in [3.05, 3.63) is 186 Å². The van der Waals surface area contributed by atoms with Gasteiger partial charge in [0.05, 0.1) is 28.5 Å². The third kappa shape index (κ3) is 9.54. The fourth-order valence-corrected chi connectivity index (χ4v) is 7.94. The second-order valence-electron chi connectivity index (χ2n) is 17.2. The maximum atomic E-state index is 13.7. The van der Waals surface area contributed by atoms with Gasteiger partial charge in [0.1, 0.15) is 0 Å². The number of halogens is 2. The van der Waals surface area contributed by atoms with Gasteiger partial charge in [0.25, 0.3) is 0 Å². The molecule has 7 heteroatoms. The Morgan fingerprint density at radius 3 is 2.10 bits per heavy atom. The topological polar surface area (TPSA) is 54.5 Å². The summed E-state index contributed by atoms with van der Waals surface area (Å²) in [5.41, 5.74) is 10.1. The molecule has 2 heterocycles. The Labute approximate surface area is 385 Å². The summed E-state index contributed by atoms with van der Waals surface area (Å²) in [6.07, 6.45) is -0.180. The van der Waals surface area contributed by atoms with E-state index in [0.29, 0.717) is 28.7 Å². The van der Waals surface area contributed by atoms with Gasteiger partial charge in [-0.1, -0.05) is 144 Å². The van der Waals surface area contributed by atoms with Crippen molar-refractivity contribution in [2.24, 2.45) is 5.41 Å². The van der Waals surface area contributed by atoms with Gasteiger partial charge in [0.2, 0.25) is 0 Å². The molecule has 0 unspecified atom stereocenters. The number of aromatic nitrogens is 3. The Morgan fingerprint density at radius 2 is 1.44 bits per heavy atom. The van der Waals surface area contributed by atoms with Crippen LogP contribution in [0.3, 0.4) is 0 Å². The van der Waals surface area contributed by atoms with Crippen LogP contribution in [0.1, 0.15) is 85.3 Å². The first-order valence-electron chi connectivity index (χ1n) is 21.9. The molecule has 0 spiro atoms. The van der Waals surface area contributed by atoms with Crippen LogP contribution in [0.2, 0.25) is 0 Å². The van der Waals surface area contributed by atoms with Crippen LogP contribution in [-0.4, -0.2) is 14.5 Å². The first kappa shape index (κ1) is 42.0. The summed E-state index contributed by atoms with van der Waals surface area (Å²) < 4.78 is 45.2. The Kier molecular flexibility index (Phi) is 12.4. The fourth-order valence-electron chi connectivity index (χ4n) is 7.94. The van der Waals surface area contributed by atoms with E-state index >= 15 is 0 Å². The van der Waals surface area contributed by atoms with Gasteiger partial charge in [-0.05, 0) is 104 Å².